The van der Waals surface area contributed by atoms with Crippen LogP contribution < -0.4 is 15.0 Å². The van der Waals surface area contributed by atoms with Crippen molar-refractivity contribution in [3.8, 4) is 5.75 Å². The molecule has 0 radical (unpaired) electrons. The summed E-state index contributed by atoms with van der Waals surface area (Å²) in [5.41, 5.74) is 5.80. The minimum atomic E-state index is -0.203. The highest BCUT2D eigenvalue weighted by atomic mass is 16.5. The predicted octanol–water partition coefficient (Wildman–Crippen LogP) is 4.51. The molecule has 0 bridgehead atoms. The van der Waals surface area contributed by atoms with E-state index in [0.29, 0.717) is 24.5 Å². The molecule has 7 rings (SSSR count). The van der Waals surface area contributed by atoms with Crippen molar-refractivity contribution in [3.05, 3.63) is 89.0 Å². The molecule has 8 nitrogen and oxygen atoms in total. The molecule has 3 aromatic rings. The van der Waals surface area contributed by atoms with Gasteiger partial charge in [0.2, 0.25) is 5.91 Å². The topological polar surface area (TPSA) is 80.3 Å². The first kappa shape index (κ1) is 25.8. The van der Waals surface area contributed by atoms with Crippen molar-refractivity contribution in [1.29, 1.82) is 0 Å². The Balaban J connectivity index is 1.09. The lowest BCUT2D eigenvalue weighted by molar-refractivity contribution is -0.119. The first-order chi connectivity index (χ1) is 20.1. The molecular formula is C33H33N3O5. The van der Waals surface area contributed by atoms with E-state index < -0.39 is 0 Å². The van der Waals surface area contributed by atoms with Gasteiger partial charge in [0, 0.05) is 60.7 Å². The number of hydrogen-bond donors (Lipinski definition) is 1. The van der Waals surface area contributed by atoms with Crippen molar-refractivity contribution in [2.45, 2.75) is 18.9 Å². The van der Waals surface area contributed by atoms with E-state index in [2.05, 4.69) is 22.3 Å². The Bertz CT molecular complexity index is 1530. The number of ether oxygens (including phenoxy) is 3. The minimum absolute atomic E-state index is 0.0245. The van der Waals surface area contributed by atoms with Crippen molar-refractivity contribution in [2.24, 2.45) is 5.92 Å². The lowest BCUT2D eigenvalue weighted by Gasteiger charge is -2.26. The van der Waals surface area contributed by atoms with Crippen LogP contribution in [-0.2, 0) is 25.7 Å². The summed E-state index contributed by atoms with van der Waals surface area (Å²) >= 11 is 0. The maximum absolute atomic E-state index is 13.3. The fourth-order valence-electron chi connectivity index (χ4n) is 6.05. The lowest BCUT2D eigenvalue weighted by atomic mass is 9.99. The van der Waals surface area contributed by atoms with Crippen LogP contribution in [0.3, 0.4) is 0 Å². The molecule has 2 fully saturated rings. The summed E-state index contributed by atoms with van der Waals surface area (Å²) in [5.74, 6) is 1.48. The number of rotatable bonds is 7. The number of carbonyl (C=O) groups is 2. The van der Waals surface area contributed by atoms with Gasteiger partial charge in [0.1, 0.15) is 24.7 Å². The highest BCUT2D eigenvalue weighted by Crippen LogP contribution is 2.49. The van der Waals surface area contributed by atoms with Gasteiger partial charge in [-0.15, -0.1) is 0 Å². The van der Waals surface area contributed by atoms with Gasteiger partial charge >= 0.3 is 0 Å². The maximum Gasteiger partial charge on any atom is 0.260 e. The third-order valence-corrected chi connectivity index (χ3v) is 8.50. The van der Waals surface area contributed by atoms with Gasteiger partial charge in [-0.25, -0.2) is 0 Å². The zero-order chi connectivity index (χ0) is 27.9. The van der Waals surface area contributed by atoms with Gasteiger partial charge in [0.15, 0.2) is 0 Å². The molecule has 2 atom stereocenters. The summed E-state index contributed by atoms with van der Waals surface area (Å²) in [5, 5.41) is 2.97. The Hall–Kier alpha value is -4.14. The molecule has 1 aliphatic carbocycles. The van der Waals surface area contributed by atoms with Crippen LogP contribution in [0.25, 0.3) is 11.3 Å². The summed E-state index contributed by atoms with van der Waals surface area (Å²) in [7, 11) is 1.81. The zero-order valence-electron chi connectivity index (χ0n) is 23.1. The molecule has 41 heavy (non-hydrogen) atoms. The van der Waals surface area contributed by atoms with Gasteiger partial charge in [-0.1, -0.05) is 30.3 Å². The van der Waals surface area contributed by atoms with Crippen molar-refractivity contribution in [3.63, 3.8) is 0 Å². The largest absolute Gasteiger partial charge is 0.492 e. The summed E-state index contributed by atoms with van der Waals surface area (Å²) in [4.78, 5) is 30.5. The van der Waals surface area contributed by atoms with Gasteiger partial charge in [-0.05, 0) is 54.3 Å². The van der Waals surface area contributed by atoms with Gasteiger partial charge in [-0.3, -0.25) is 14.5 Å². The van der Waals surface area contributed by atoms with Crippen LogP contribution in [0.4, 0.5) is 11.4 Å². The third kappa shape index (κ3) is 4.98. The van der Waals surface area contributed by atoms with Crippen LogP contribution in [0.15, 0.2) is 66.7 Å². The highest BCUT2D eigenvalue weighted by molar-refractivity contribution is 6.36. The summed E-state index contributed by atoms with van der Waals surface area (Å²) in [6, 6.07) is 21.8. The normalized spacial score (nSPS) is 22.9. The second-order valence-corrected chi connectivity index (χ2v) is 11.1. The number of fused-ring (bicyclic) bond motifs is 2. The minimum Gasteiger partial charge on any atom is -0.492 e. The highest BCUT2D eigenvalue weighted by Gasteiger charge is 2.45. The number of morpholine rings is 1. The van der Waals surface area contributed by atoms with E-state index in [-0.39, 0.29) is 23.7 Å². The monoisotopic (exact) mass is 551 g/mol. The third-order valence-electron chi connectivity index (χ3n) is 8.50. The predicted molar refractivity (Wildman–Crippen MR) is 157 cm³/mol. The standard InChI is InChI=1S/C33H33N3O5/c1-35(33(38)27-19-26(27)21-5-3-2-4-6-21)23-7-10-29-28(18-23)30(32(37)34-29)31-25-9-8-24(17-22(25)20-41-31)40-16-13-36-11-14-39-15-12-36/h2-10,17-18,26-27H,11-16,19-20H2,1H3,(H,34,37). The van der Waals surface area contributed by atoms with Crippen LogP contribution in [0.2, 0.25) is 0 Å². The maximum atomic E-state index is 13.3. The van der Waals surface area contributed by atoms with Crippen LogP contribution in [0.1, 0.15) is 34.6 Å². The fourth-order valence-corrected chi connectivity index (χ4v) is 6.05. The van der Waals surface area contributed by atoms with Gasteiger partial charge < -0.3 is 24.4 Å². The molecule has 1 N–H and O–H groups in total. The van der Waals surface area contributed by atoms with Crippen LogP contribution in [0.5, 0.6) is 5.75 Å². The molecule has 2 amide bonds. The molecule has 1 saturated carbocycles. The molecule has 0 spiro atoms. The van der Waals surface area contributed by atoms with E-state index in [1.165, 1.54) is 5.56 Å². The molecule has 3 aliphatic heterocycles. The van der Waals surface area contributed by atoms with Gasteiger partial charge in [0.05, 0.1) is 18.8 Å². The quantitative estimate of drug-likeness (QED) is 0.435. The average Bonchev–Trinajstić information content (AvgIpc) is 3.61. The number of anilines is 2. The Morgan fingerprint density at radius 1 is 1.05 bits per heavy atom. The van der Waals surface area contributed by atoms with Gasteiger partial charge in [-0.2, -0.15) is 0 Å². The first-order valence-corrected chi connectivity index (χ1v) is 14.3. The van der Waals surface area contributed by atoms with Crippen LogP contribution >= 0.6 is 0 Å². The summed E-state index contributed by atoms with van der Waals surface area (Å²) < 4.78 is 17.5. The second kappa shape index (κ2) is 10.7. The average molecular weight is 552 g/mol. The Morgan fingerprint density at radius 3 is 2.71 bits per heavy atom. The molecule has 3 aromatic carbocycles. The summed E-state index contributed by atoms with van der Waals surface area (Å²) in [6.07, 6.45) is 0.858. The molecule has 8 heteroatoms. The van der Waals surface area contributed by atoms with Crippen LogP contribution in [0, 0.1) is 5.92 Å². The number of nitrogens with zero attached hydrogens (tertiary/aromatic N) is 2. The second-order valence-electron chi connectivity index (χ2n) is 11.1. The van der Waals surface area contributed by atoms with Crippen molar-refractivity contribution in [2.75, 3.05) is 56.7 Å². The number of carbonyl (C=O) groups excluding carboxylic acids is 2. The van der Waals surface area contributed by atoms with E-state index >= 15 is 0 Å². The number of hydrogen-bond acceptors (Lipinski definition) is 6. The fraction of sp³-hybridized carbons (Fsp3) is 0.333. The Kier molecular flexibility index (Phi) is 6.73. The zero-order valence-corrected chi connectivity index (χ0v) is 23.1. The van der Waals surface area contributed by atoms with Crippen LogP contribution in [-0.4, -0.2) is 63.2 Å². The number of amides is 2. The summed E-state index contributed by atoms with van der Waals surface area (Å²) in [6.45, 7) is 5.24. The molecule has 2 unspecified atom stereocenters. The Labute approximate surface area is 239 Å². The smallest absolute Gasteiger partial charge is 0.260 e. The van der Waals surface area contributed by atoms with E-state index in [4.69, 9.17) is 14.2 Å². The van der Waals surface area contributed by atoms with E-state index in [9.17, 15) is 9.59 Å². The van der Waals surface area contributed by atoms with Crippen molar-refractivity contribution >= 4 is 34.5 Å². The molecule has 210 valence electrons. The number of benzene rings is 3. The first-order valence-electron chi connectivity index (χ1n) is 14.3. The molecule has 3 heterocycles. The van der Waals surface area contributed by atoms with E-state index in [0.717, 1.165) is 73.1 Å². The van der Waals surface area contributed by atoms with E-state index in [1.807, 2.05) is 61.6 Å². The number of nitrogens with one attached hydrogen (secondary N) is 1. The van der Waals surface area contributed by atoms with E-state index in [1.54, 1.807) is 4.90 Å². The molecule has 1 saturated heterocycles. The Morgan fingerprint density at radius 2 is 1.88 bits per heavy atom. The molecular weight excluding hydrogens is 518 g/mol. The molecule has 4 aliphatic rings. The lowest BCUT2D eigenvalue weighted by Crippen LogP contribution is -2.38. The van der Waals surface area contributed by atoms with Crippen molar-refractivity contribution in [1.82, 2.24) is 4.90 Å². The molecule has 0 aromatic heterocycles. The van der Waals surface area contributed by atoms with Crippen molar-refractivity contribution < 1.29 is 23.8 Å². The SMILES string of the molecule is CN(C(=O)C1CC1c1ccccc1)c1ccc2c(c1)C(=C1OCc3cc(OCCN4CCOCC4)ccc31)C(=O)N2. The van der Waals surface area contributed by atoms with Gasteiger partial charge in [0.25, 0.3) is 5.91 Å².